The number of thioether (sulfide) groups is 1. The van der Waals surface area contributed by atoms with Gasteiger partial charge in [0, 0.05) is 28.6 Å². The van der Waals surface area contributed by atoms with Crippen molar-refractivity contribution in [1.29, 1.82) is 0 Å². The first-order valence-corrected chi connectivity index (χ1v) is 8.61. The molecule has 0 radical (unpaired) electrons. The molecule has 0 saturated heterocycles. The first kappa shape index (κ1) is 16.7. The molecule has 0 bridgehead atoms. The number of hydrogen-bond acceptors (Lipinski definition) is 6. The number of aliphatic carboxylic acids is 1. The molecule has 2 heterocycles. The van der Waals surface area contributed by atoms with Crippen molar-refractivity contribution >= 4 is 35.1 Å². The smallest absolute Gasteiger partial charge is 0.253 e. The summed E-state index contributed by atoms with van der Waals surface area (Å²) < 4.78 is 1.64. The highest BCUT2D eigenvalue weighted by Crippen LogP contribution is 2.23. The Morgan fingerprint density at radius 2 is 2.04 bits per heavy atom. The van der Waals surface area contributed by atoms with Crippen LogP contribution in [-0.4, -0.2) is 31.3 Å². The minimum atomic E-state index is -1.15. The Labute approximate surface area is 147 Å². The molecule has 0 aliphatic rings. The number of carboxylic acids is 1. The Morgan fingerprint density at radius 1 is 1.29 bits per heavy atom. The van der Waals surface area contributed by atoms with Crippen LogP contribution < -0.4 is 5.11 Å². The lowest BCUT2D eigenvalue weighted by Crippen LogP contribution is -2.24. The van der Waals surface area contributed by atoms with Gasteiger partial charge in [0.1, 0.15) is 0 Å². The van der Waals surface area contributed by atoms with Gasteiger partial charge in [0.25, 0.3) is 5.78 Å². The van der Waals surface area contributed by atoms with E-state index in [2.05, 4.69) is 15.1 Å². The van der Waals surface area contributed by atoms with Gasteiger partial charge in [0.05, 0.1) is 5.97 Å². The lowest BCUT2D eigenvalue weighted by Gasteiger charge is -2.11. The fourth-order valence-corrected chi connectivity index (χ4v) is 3.20. The van der Waals surface area contributed by atoms with Crippen LogP contribution >= 0.6 is 23.4 Å². The zero-order valence-corrected chi connectivity index (χ0v) is 14.7. The number of rotatable bonds is 5. The van der Waals surface area contributed by atoms with Crippen molar-refractivity contribution < 1.29 is 9.90 Å². The maximum absolute atomic E-state index is 10.6. The van der Waals surface area contributed by atoms with Crippen LogP contribution in [0.3, 0.4) is 0 Å². The summed E-state index contributed by atoms with van der Waals surface area (Å²) in [6.07, 6.45) is 0.641. The molecule has 124 valence electrons. The van der Waals surface area contributed by atoms with E-state index in [9.17, 15) is 9.90 Å². The molecular weight excluding hydrogens is 348 g/mol. The number of carbonyl (C=O) groups excluding carboxylic acids is 1. The molecular formula is C16H14ClN4O2S-. The summed E-state index contributed by atoms with van der Waals surface area (Å²) in [6.45, 7) is 3.86. The van der Waals surface area contributed by atoms with E-state index in [0.29, 0.717) is 22.4 Å². The van der Waals surface area contributed by atoms with E-state index >= 15 is 0 Å². The van der Waals surface area contributed by atoms with Crippen LogP contribution in [0.15, 0.2) is 29.4 Å². The number of halogens is 1. The molecule has 0 atom stereocenters. The highest BCUT2D eigenvalue weighted by molar-refractivity contribution is 7.99. The molecule has 0 fully saturated rings. The quantitative estimate of drug-likeness (QED) is 0.645. The molecule has 24 heavy (non-hydrogen) atoms. The molecule has 0 spiro atoms. The number of carbonyl (C=O) groups is 1. The molecule has 0 amide bonds. The van der Waals surface area contributed by atoms with Crippen molar-refractivity contribution in [2.24, 2.45) is 0 Å². The third kappa shape index (κ3) is 3.37. The van der Waals surface area contributed by atoms with Gasteiger partial charge in [-0.2, -0.15) is 4.98 Å². The Balaban J connectivity index is 2.00. The van der Waals surface area contributed by atoms with Gasteiger partial charge in [-0.3, -0.25) is 0 Å². The molecule has 0 unspecified atom stereocenters. The van der Waals surface area contributed by atoms with Gasteiger partial charge in [0.15, 0.2) is 0 Å². The van der Waals surface area contributed by atoms with Crippen molar-refractivity contribution in [2.75, 3.05) is 5.75 Å². The van der Waals surface area contributed by atoms with Gasteiger partial charge in [-0.15, -0.1) is 5.10 Å². The van der Waals surface area contributed by atoms with Gasteiger partial charge < -0.3 is 9.90 Å². The summed E-state index contributed by atoms with van der Waals surface area (Å²) >= 11 is 7.27. The summed E-state index contributed by atoms with van der Waals surface area (Å²) in [5.74, 6) is -0.894. The Kier molecular flexibility index (Phi) is 4.73. The highest BCUT2D eigenvalue weighted by Gasteiger charge is 2.15. The number of benzene rings is 1. The van der Waals surface area contributed by atoms with Gasteiger partial charge in [-0.05, 0) is 31.0 Å². The average Bonchev–Trinajstić information content (AvgIpc) is 2.94. The molecule has 0 aliphatic carbocycles. The number of hydrogen-bond donors (Lipinski definition) is 0. The van der Waals surface area contributed by atoms with Crippen LogP contribution in [0.2, 0.25) is 5.02 Å². The molecule has 3 aromatic rings. The zero-order chi connectivity index (χ0) is 17.3. The first-order valence-electron chi connectivity index (χ1n) is 7.24. The van der Waals surface area contributed by atoms with E-state index in [1.54, 1.807) is 4.52 Å². The van der Waals surface area contributed by atoms with Crippen molar-refractivity contribution in [3.63, 3.8) is 0 Å². The van der Waals surface area contributed by atoms with Crippen LogP contribution in [0, 0.1) is 13.8 Å². The standard InChI is InChI=1S/C16H15ClN4O2S/c1-9-12(7-11-5-3-4-6-13(11)17)10(2)21-15(18-9)19-16(20-21)24-8-14(22)23/h3-6H,7-8H2,1-2H3,(H,22,23)/p-1. The molecule has 3 rings (SSSR count). The third-order valence-corrected chi connectivity index (χ3v) is 4.85. The lowest BCUT2D eigenvalue weighted by atomic mass is 10.0. The maximum atomic E-state index is 10.6. The van der Waals surface area contributed by atoms with Crippen molar-refractivity contribution in [3.05, 3.63) is 51.8 Å². The Bertz CT molecular complexity index is 926. The van der Waals surface area contributed by atoms with E-state index in [4.69, 9.17) is 11.6 Å². The first-order chi connectivity index (χ1) is 11.5. The molecule has 8 heteroatoms. The highest BCUT2D eigenvalue weighted by atomic mass is 35.5. The van der Waals surface area contributed by atoms with Crippen molar-refractivity contribution in [3.8, 4) is 0 Å². The van der Waals surface area contributed by atoms with E-state index < -0.39 is 5.97 Å². The number of fused-ring (bicyclic) bond motifs is 1. The Hall–Kier alpha value is -2.12. The molecule has 2 aromatic heterocycles. The number of aryl methyl sites for hydroxylation is 2. The van der Waals surface area contributed by atoms with Gasteiger partial charge >= 0.3 is 0 Å². The summed E-state index contributed by atoms with van der Waals surface area (Å²) in [6, 6.07) is 7.68. The van der Waals surface area contributed by atoms with Crippen LogP contribution in [0.1, 0.15) is 22.5 Å². The van der Waals surface area contributed by atoms with Gasteiger partial charge in [0.2, 0.25) is 5.16 Å². The minimum Gasteiger partial charge on any atom is -0.549 e. The average molecular weight is 362 g/mol. The van der Waals surface area contributed by atoms with E-state index in [1.165, 1.54) is 0 Å². The second-order valence-corrected chi connectivity index (χ2v) is 6.65. The second-order valence-electron chi connectivity index (χ2n) is 5.30. The summed E-state index contributed by atoms with van der Waals surface area (Å²) in [4.78, 5) is 19.3. The van der Waals surface area contributed by atoms with Crippen molar-refractivity contribution in [2.45, 2.75) is 25.4 Å². The van der Waals surface area contributed by atoms with Crippen LogP contribution in [0.25, 0.3) is 5.78 Å². The number of nitrogens with zero attached hydrogens (tertiary/aromatic N) is 4. The van der Waals surface area contributed by atoms with E-state index in [0.717, 1.165) is 34.3 Å². The number of carboxylic acid groups (broad SMARTS) is 1. The largest absolute Gasteiger partial charge is 0.549 e. The lowest BCUT2D eigenvalue weighted by molar-refractivity contribution is -0.301. The van der Waals surface area contributed by atoms with E-state index in [-0.39, 0.29) is 5.75 Å². The minimum absolute atomic E-state index is 0.193. The van der Waals surface area contributed by atoms with Crippen LogP contribution in [0.5, 0.6) is 0 Å². The topological polar surface area (TPSA) is 83.2 Å². The normalized spacial score (nSPS) is 11.1. The molecule has 0 saturated carbocycles. The monoisotopic (exact) mass is 361 g/mol. The Morgan fingerprint density at radius 3 is 2.75 bits per heavy atom. The predicted octanol–water partition coefficient (Wildman–Crippen LogP) is 1.83. The summed E-state index contributed by atoms with van der Waals surface area (Å²) in [7, 11) is 0. The fraction of sp³-hybridized carbons (Fsp3) is 0.250. The second kappa shape index (κ2) is 6.78. The van der Waals surface area contributed by atoms with Gasteiger partial charge in [-0.25, -0.2) is 9.50 Å². The number of aromatic nitrogens is 4. The summed E-state index contributed by atoms with van der Waals surface area (Å²) in [5, 5.41) is 16.0. The molecule has 0 aliphatic heterocycles. The SMILES string of the molecule is Cc1nc2nc(SCC(=O)[O-])nn2c(C)c1Cc1ccccc1Cl. The van der Waals surface area contributed by atoms with Crippen LogP contribution in [0.4, 0.5) is 0 Å². The predicted molar refractivity (Wildman–Crippen MR) is 90.2 cm³/mol. The maximum Gasteiger partial charge on any atom is 0.253 e. The van der Waals surface area contributed by atoms with Gasteiger partial charge in [-0.1, -0.05) is 41.6 Å². The van der Waals surface area contributed by atoms with Crippen LogP contribution in [-0.2, 0) is 11.2 Å². The van der Waals surface area contributed by atoms with Crippen molar-refractivity contribution in [1.82, 2.24) is 19.6 Å². The molecule has 6 nitrogen and oxygen atoms in total. The summed E-state index contributed by atoms with van der Waals surface area (Å²) in [5.41, 5.74) is 3.80. The third-order valence-electron chi connectivity index (χ3n) is 3.67. The fourth-order valence-electron chi connectivity index (χ4n) is 2.46. The molecule has 1 aromatic carbocycles. The van der Waals surface area contributed by atoms with E-state index in [1.807, 2.05) is 38.1 Å². The molecule has 0 N–H and O–H groups in total. The zero-order valence-electron chi connectivity index (χ0n) is 13.1.